The molecule has 0 atom stereocenters. The molecule has 1 aromatic rings. The van der Waals surface area contributed by atoms with Crippen molar-refractivity contribution in [2.45, 2.75) is 13.8 Å². The van der Waals surface area contributed by atoms with Gasteiger partial charge in [0.15, 0.2) is 0 Å². The Bertz CT molecular complexity index is 316. The zero-order valence-corrected chi connectivity index (χ0v) is 7.24. The lowest BCUT2D eigenvalue weighted by atomic mass is 10.1. The molecule has 0 radical (unpaired) electrons. The monoisotopic (exact) mass is 161 g/mol. The lowest BCUT2D eigenvalue weighted by Gasteiger charge is -1.97. The molecule has 0 fully saturated rings. The minimum atomic E-state index is 0.508. The lowest BCUT2D eigenvalue weighted by Crippen LogP contribution is -1.76. The molecule has 0 bridgehead atoms. The molecular formula is C10H11NO. The molecular weight excluding hydrogens is 150 g/mol. The fourth-order valence-corrected chi connectivity index (χ4v) is 1.05. The Hall–Kier alpha value is -1.44. The van der Waals surface area contributed by atoms with Crippen molar-refractivity contribution < 1.29 is 0 Å². The molecule has 62 valence electrons. The summed E-state index contributed by atoms with van der Waals surface area (Å²) in [5.41, 5.74) is 2.43. The van der Waals surface area contributed by atoms with Gasteiger partial charge in [-0.3, -0.25) is 0 Å². The molecule has 12 heavy (non-hydrogen) atoms. The average Bonchev–Trinajstić information content (AvgIpc) is 2.08. The van der Waals surface area contributed by atoms with Crippen LogP contribution in [0.5, 0.6) is 0 Å². The molecule has 1 aromatic carbocycles. The van der Waals surface area contributed by atoms with E-state index in [0.717, 1.165) is 11.1 Å². The molecule has 0 saturated carbocycles. The lowest BCUT2D eigenvalue weighted by molar-refractivity contribution is 1.40. The number of nitrogens with zero attached hydrogens (tertiary/aromatic N) is 1. The first kappa shape index (κ1) is 8.65. The average molecular weight is 161 g/mol. The summed E-state index contributed by atoms with van der Waals surface area (Å²) in [4.78, 5) is 10.4. The van der Waals surface area contributed by atoms with Crippen molar-refractivity contribution in [3.05, 3.63) is 40.3 Å². The maximum Gasteiger partial charge on any atom is 0.115 e. The summed E-state index contributed by atoms with van der Waals surface area (Å²) in [7, 11) is 0. The van der Waals surface area contributed by atoms with E-state index in [1.54, 1.807) is 6.07 Å². The molecule has 0 aliphatic heterocycles. The van der Waals surface area contributed by atoms with Crippen molar-refractivity contribution in [3.8, 4) is 0 Å². The van der Waals surface area contributed by atoms with Crippen LogP contribution < -0.4 is 0 Å². The fourth-order valence-electron chi connectivity index (χ4n) is 1.05. The minimum absolute atomic E-state index is 0.508. The second-order valence-electron chi connectivity index (χ2n) is 2.65. The van der Waals surface area contributed by atoms with Crippen LogP contribution in [-0.2, 0) is 0 Å². The molecule has 1 rings (SSSR count). The van der Waals surface area contributed by atoms with Crippen molar-refractivity contribution in [2.24, 2.45) is 5.18 Å². The molecule has 0 aliphatic carbocycles. The van der Waals surface area contributed by atoms with Gasteiger partial charge in [0, 0.05) is 5.56 Å². The van der Waals surface area contributed by atoms with Gasteiger partial charge in [0.05, 0.1) is 0 Å². The highest BCUT2D eigenvalue weighted by Gasteiger charge is 1.98. The van der Waals surface area contributed by atoms with E-state index in [1.807, 2.05) is 38.1 Å². The molecule has 0 N–H and O–H groups in total. The highest BCUT2D eigenvalue weighted by Crippen LogP contribution is 2.21. The maximum atomic E-state index is 10.4. The zero-order valence-electron chi connectivity index (χ0n) is 7.24. The predicted octanol–water partition coefficient (Wildman–Crippen LogP) is 3.43. The van der Waals surface area contributed by atoms with Gasteiger partial charge in [-0.05, 0) is 30.7 Å². The van der Waals surface area contributed by atoms with Crippen molar-refractivity contribution >= 4 is 11.8 Å². The van der Waals surface area contributed by atoms with Gasteiger partial charge in [-0.1, -0.05) is 24.3 Å². The van der Waals surface area contributed by atoms with Gasteiger partial charge in [-0.2, -0.15) is 0 Å². The second-order valence-corrected chi connectivity index (χ2v) is 2.65. The van der Waals surface area contributed by atoms with Crippen molar-refractivity contribution in [1.29, 1.82) is 0 Å². The summed E-state index contributed by atoms with van der Waals surface area (Å²) >= 11 is 0. The van der Waals surface area contributed by atoms with E-state index in [9.17, 15) is 4.91 Å². The Morgan fingerprint density at radius 1 is 1.42 bits per heavy atom. The fraction of sp³-hybridized carbons (Fsp3) is 0.200. The molecule has 2 nitrogen and oxygen atoms in total. The van der Waals surface area contributed by atoms with E-state index in [1.165, 1.54) is 0 Å². The quantitative estimate of drug-likeness (QED) is 0.611. The molecule has 0 heterocycles. The molecule has 0 unspecified atom stereocenters. The zero-order chi connectivity index (χ0) is 8.97. The first-order valence-corrected chi connectivity index (χ1v) is 3.84. The molecule has 0 spiro atoms. The van der Waals surface area contributed by atoms with E-state index in [2.05, 4.69) is 5.18 Å². The third-order valence-electron chi connectivity index (χ3n) is 1.63. The van der Waals surface area contributed by atoms with Crippen LogP contribution in [0.3, 0.4) is 0 Å². The van der Waals surface area contributed by atoms with Gasteiger partial charge in [-0.15, -0.1) is 4.91 Å². The van der Waals surface area contributed by atoms with Crippen LogP contribution in [-0.4, -0.2) is 0 Å². The number of nitroso groups, excluding NO2 is 1. The summed E-state index contributed by atoms with van der Waals surface area (Å²) in [6.07, 6.45) is 3.76. The Morgan fingerprint density at radius 2 is 2.17 bits per heavy atom. The first-order chi connectivity index (χ1) is 5.77. The van der Waals surface area contributed by atoms with E-state index in [4.69, 9.17) is 0 Å². The Kier molecular flexibility index (Phi) is 2.75. The van der Waals surface area contributed by atoms with E-state index in [-0.39, 0.29) is 0 Å². The van der Waals surface area contributed by atoms with Crippen LogP contribution in [0.4, 0.5) is 5.69 Å². The normalized spacial score (nSPS) is 10.5. The first-order valence-electron chi connectivity index (χ1n) is 3.84. The summed E-state index contributed by atoms with van der Waals surface area (Å²) in [6, 6.07) is 5.64. The highest BCUT2D eigenvalue weighted by atomic mass is 16.3. The Morgan fingerprint density at radius 3 is 2.75 bits per heavy atom. The number of aryl methyl sites for hydroxylation is 1. The van der Waals surface area contributed by atoms with Crippen LogP contribution in [0.25, 0.3) is 6.08 Å². The molecule has 0 aromatic heterocycles. The standard InChI is InChI=1S/C10H11NO/c1-3-4-9-6-5-8(2)7-10(9)11-12/h3-7H,1-2H3. The highest BCUT2D eigenvalue weighted by molar-refractivity contribution is 5.64. The number of hydrogen-bond acceptors (Lipinski definition) is 2. The summed E-state index contributed by atoms with van der Waals surface area (Å²) in [5, 5.41) is 2.95. The third-order valence-corrected chi connectivity index (χ3v) is 1.63. The summed E-state index contributed by atoms with van der Waals surface area (Å²) < 4.78 is 0. The van der Waals surface area contributed by atoms with Gasteiger partial charge < -0.3 is 0 Å². The molecule has 0 saturated heterocycles. The maximum absolute atomic E-state index is 10.4. The second kappa shape index (κ2) is 3.81. The van der Waals surface area contributed by atoms with Crippen LogP contribution >= 0.6 is 0 Å². The van der Waals surface area contributed by atoms with Gasteiger partial charge >= 0.3 is 0 Å². The number of benzene rings is 1. The molecule has 0 aliphatic rings. The van der Waals surface area contributed by atoms with Gasteiger partial charge in [0.1, 0.15) is 5.69 Å². The van der Waals surface area contributed by atoms with Crippen LogP contribution in [0.15, 0.2) is 29.5 Å². The van der Waals surface area contributed by atoms with Gasteiger partial charge in [0.25, 0.3) is 0 Å². The van der Waals surface area contributed by atoms with E-state index < -0.39 is 0 Å². The van der Waals surface area contributed by atoms with E-state index in [0.29, 0.717) is 5.69 Å². The smallest absolute Gasteiger partial charge is 0.115 e. The van der Waals surface area contributed by atoms with Crippen molar-refractivity contribution in [3.63, 3.8) is 0 Å². The third kappa shape index (κ3) is 1.78. The van der Waals surface area contributed by atoms with Crippen molar-refractivity contribution in [2.75, 3.05) is 0 Å². The predicted molar refractivity (Wildman–Crippen MR) is 51.3 cm³/mol. The Labute approximate surface area is 71.9 Å². The number of rotatable bonds is 2. The van der Waals surface area contributed by atoms with Crippen LogP contribution in [0.2, 0.25) is 0 Å². The molecule has 0 amide bonds. The number of hydrogen-bond donors (Lipinski definition) is 0. The SMILES string of the molecule is CC=Cc1ccc(C)cc1N=O. The molecule has 2 heteroatoms. The largest absolute Gasteiger partial charge is 0.145 e. The summed E-state index contributed by atoms with van der Waals surface area (Å²) in [5.74, 6) is 0. The Balaban J connectivity index is 3.19. The topological polar surface area (TPSA) is 29.4 Å². The van der Waals surface area contributed by atoms with Crippen molar-refractivity contribution in [1.82, 2.24) is 0 Å². The van der Waals surface area contributed by atoms with Gasteiger partial charge in [0.2, 0.25) is 0 Å². The van der Waals surface area contributed by atoms with Crippen LogP contribution in [0, 0.1) is 11.8 Å². The minimum Gasteiger partial charge on any atom is -0.145 e. The van der Waals surface area contributed by atoms with Crippen LogP contribution in [0.1, 0.15) is 18.1 Å². The van der Waals surface area contributed by atoms with Gasteiger partial charge in [-0.25, -0.2) is 0 Å². The number of allylic oxidation sites excluding steroid dienone is 1. The van der Waals surface area contributed by atoms with E-state index >= 15 is 0 Å². The summed E-state index contributed by atoms with van der Waals surface area (Å²) in [6.45, 7) is 3.85.